The van der Waals surface area contributed by atoms with E-state index in [1.54, 1.807) is 24.3 Å². The van der Waals surface area contributed by atoms with Crippen molar-refractivity contribution >= 4 is 34.8 Å². The summed E-state index contributed by atoms with van der Waals surface area (Å²) in [6.07, 6.45) is 0. The molecule has 0 fully saturated rings. The Kier molecular flexibility index (Phi) is 4.44. The SMILES string of the molecule is CC(C)c1[nH]nc2c1C(c1ccc(Cl)cc1)N(c1cccc(Cl)c1F)C2=O. The molecule has 7 heteroatoms. The van der Waals surface area contributed by atoms with Gasteiger partial charge in [0.15, 0.2) is 11.5 Å². The number of amides is 1. The number of carbonyl (C=O) groups excluding carboxylic acids is 1. The maximum Gasteiger partial charge on any atom is 0.280 e. The molecule has 4 nitrogen and oxygen atoms in total. The van der Waals surface area contributed by atoms with Crippen molar-refractivity contribution in [3.05, 3.63) is 80.8 Å². The average Bonchev–Trinajstić information content (AvgIpc) is 3.18. The van der Waals surface area contributed by atoms with Gasteiger partial charge >= 0.3 is 0 Å². The minimum atomic E-state index is -0.633. The number of fused-ring (bicyclic) bond motifs is 1. The van der Waals surface area contributed by atoms with Gasteiger partial charge in [0, 0.05) is 16.3 Å². The van der Waals surface area contributed by atoms with Gasteiger partial charge < -0.3 is 0 Å². The van der Waals surface area contributed by atoms with Crippen molar-refractivity contribution in [2.24, 2.45) is 0 Å². The molecule has 1 unspecified atom stereocenters. The van der Waals surface area contributed by atoms with Crippen LogP contribution in [0.5, 0.6) is 0 Å². The number of benzene rings is 2. The number of aromatic nitrogens is 2. The fourth-order valence-corrected chi connectivity index (χ4v) is 3.79. The zero-order chi connectivity index (χ0) is 19.3. The van der Waals surface area contributed by atoms with Crippen molar-refractivity contribution < 1.29 is 9.18 Å². The fraction of sp³-hybridized carbons (Fsp3) is 0.200. The lowest BCUT2D eigenvalue weighted by molar-refractivity contribution is 0.0988. The van der Waals surface area contributed by atoms with Crippen molar-refractivity contribution in [2.75, 3.05) is 4.90 Å². The van der Waals surface area contributed by atoms with Crippen LogP contribution < -0.4 is 4.90 Å². The van der Waals surface area contributed by atoms with E-state index in [4.69, 9.17) is 23.2 Å². The summed E-state index contributed by atoms with van der Waals surface area (Å²) in [4.78, 5) is 14.6. The number of H-pyrrole nitrogens is 1. The van der Waals surface area contributed by atoms with E-state index in [-0.39, 0.29) is 22.5 Å². The molecule has 0 radical (unpaired) electrons. The quantitative estimate of drug-likeness (QED) is 0.606. The monoisotopic (exact) mass is 403 g/mol. The third-order valence-electron chi connectivity index (χ3n) is 4.74. The number of halogens is 3. The van der Waals surface area contributed by atoms with Crippen molar-refractivity contribution in [2.45, 2.75) is 25.8 Å². The van der Waals surface area contributed by atoms with E-state index in [1.165, 1.54) is 11.0 Å². The van der Waals surface area contributed by atoms with E-state index < -0.39 is 11.9 Å². The first kappa shape index (κ1) is 18.0. The molecule has 27 heavy (non-hydrogen) atoms. The number of hydrogen-bond acceptors (Lipinski definition) is 2. The van der Waals surface area contributed by atoms with Gasteiger partial charge in [-0.1, -0.05) is 55.2 Å². The summed E-state index contributed by atoms with van der Waals surface area (Å²) in [7, 11) is 0. The zero-order valence-corrected chi connectivity index (χ0v) is 16.1. The van der Waals surface area contributed by atoms with E-state index >= 15 is 0 Å². The summed E-state index contributed by atoms with van der Waals surface area (Å²) in [5.41, 5.74) is 2.85. The van der Waals surface area contributed by atoms with Crippen LogP contribution in [-0.4, -0.2) is 16.1 Å². The molecule has 0 bridgehead atoms. The molecule has 0 spiro atoms. The number of rotatable bonds is 3. The van der Waals surface area contributed by atoms with Gasteiger partial charge in [-0.3, -0.25) is 14.8 Å². The summed E-state index contributed by atoms with van der Waals surface area (Å²) in [6, 6.07) is 11.3. The second-order valence-electron chi connectivity index (χ2n) is 6.76. The lowest BCUT2D eigenvalue weighted by Crippen LogP contribution is -2.30. The normalized spacial score (nSPS) is 16.3. The molecule has 4 rings (SSSR count). The molecule has 0 saturated carbocycles. The Balaban J connectivity index is 1.96. The van der Waals surface area contributed by atoms with Crippen molar-refractivity contribution in [1.29, 1.82) is 0 Å². The van der Waals surface area contributed by atoms with Gasteiger partial charge in [-0.15, -0.1) is 0 Å². The minimum absolute atomic E-state index is 0.0367. The molecule has 1 atom stereocenters. The summed E-state index contributed by atoms with van der Waals surface area (Å²) >= 11 is 12.0. The highest BCUT2D eigenvalue weighted by Crippen LogP contribution is 2.45. The van der Waals surface area contributed by atoms with Crippen LogP contribution in [0, 0.1) is 5.82 Å². The molecular formula is C20H16Cl2FN3O. The molecule has 0 saturated heterocycles. The Bertz CT molecular complexity index is 1030. The Hall–Kier alpha value is -2.37. The number of hydrogen-bond donors (Lipinski definition) is 1. The number of anilines is 1. The van der Waals surface area contributed by atoms with Gasteiger partial charge in [0.2, 0.25) is 0 Å². The summed E-state index contributed by atoms with van der Waals surface area (Å²) in [5.74, 6) is -0.881. The first-order chi connectivity index (χ1) is 12.9. The molecule has 2 aromatic carbocycles. The third kappa shape index (κ3) is 2.82. The number of nitrogens with one attached hydrogen (secondary N) is 1. The smallest absolute Gasteiger partial charge is 0.280 e. The molecule has 1 aliphatic rings. The fourth-order valence-electron chi connectivity index (χ4n) is 3.49. The molecule has 3 aromatic rings. The molecule has 138 valence electrons. The first-order valence-corrected chi connectivity index (χ1v) is 9.27. The highest BCUT2D eigenvalue weighted by Gasteiger charge is 2.44. The van der Waals surface area contributed by atoms with Crippen molar-refractivity contribution in [3.63, 3.8) is 0 Å². The standard InChI is InChI=1S/C20H16Cl2FN3O/c1-10(2)17-15-18(25-24-17)20(27)26(14-5-3-4-13(22)16(14)23)19(15)11-6-8-12(21)9-7-11/h3-10,19H,1-2H3,(H,24,25). The first-order valence-electron chi connectivity index (χ1n) is 8.51. The maximum absolute atomic E-state index is 14.8. The Morgan fingerprint density at radius 3 is 2.52 bits per heavy atom. The minimum Gasteiger partial charge on any atom is -0.292 e. The largest absolute Gasteiger partial charge is 0.292 e. The van der Waals surface area contributed by atoms with Crippen LogP contribution in [0.25, 0.3) is 0 Å². The van der Waals surface area contributed by atoms with Crippen LogP contribution >= 0.6 is 23.2 Å². The Morgan fingerprint density at radius 2 is 1.85 bits per heavy atom. The summed E-state index contributed by atoms with van der Waals surface area (Å²) in [5, 5.41) is 7.74. The highest BCUT2D eigenvalue weighted by molar-refractivity contribution is 6.31. The van der Waals surface area contributed by atoms with Crippen LogP contribution in [0.2, 0.25) is 10.0 Å². The number of nitrogens with zero attached hydrogens (tertiary/aromatic N) is 2. The van der Waals surface area contributed by atoms with Gasteiger partial charge in [0.25, 0.3) is 5.91 Å². The molecule has 1 aromatic heterocycles. The molecule has 0 aliphatic carbocycles. The Morgan fingerprint density at radius 1 is 1.15 bits per heavy atom. The molecule has 1 amide bonds. The predicted octanol–water partition coefficient (Wildman–Crippen LogP) is 5.73. The molecule has 1 aliphatic heterocycles. The summed E-state index contributed by atoms with van der Waals surface area (Å²) in [6.45, 7) is 4.03. The van der Waals surface area contributed by atoms with Crippen molar-refractivity contribution in [3.8, 4) is 0 Å². The van der Waals surface area contributed by atoms with E-state index in [0.717, 1.165) is 16.8 Å². The van der Waals surface area contributed by atoms with Gasteiger partial charge in [-0.25, -0.2) is 4.39 Å². The van der Waals surface area contributed by atoms with Gasteiger partial charge in [-0.2, -0.15) is 5.10 Å². The summed E-state index contributed by atoms with van der Waals surface area (Å²) < 4.78 is 14.8. The number of aromatic amines is 1. The van der Waals surface area contributed by atoms with E-state index in [2.05, 4.69) is 10.2 Å². The van der Waals surface area contributed by atoms with Gasteiger partial charge in [0.1, 0.15) is 0 Å². The van der Waals surface area contributed by atoms with Gasteiger partial charge in [-0.05, 0) is 35.7 Å². The van der Waals surface area contributed by atoms with Crippen LogP contribution in [0.15, 0.2) is 42.5 Å². The van der Waals surface area contributed by atoms with Crippen molar-refractivity contribution in [1.82, 2.24) is 10.2 Å². The second kappa shape index (κ2) is 6.66. The van der Waals surface area contributed by atoms with Crippen LogP contribution in [-0.2, 0) is 0 Å². The third-order valence-corrected chi connectivity index (χ3v) is 5.28. The van der Waals surface area contributed by atoms with E-state index in [1.807, 2.05) is 26.0 Å². The topological polar surface area (TPSA) is 49.0 Å². The number of carbonyl (C=O) groups is 1. The Labute approximate surface area is 165 Å². The maximum atomic E-state index is 14.8. The van der Waals surface area contributed by atoms with E-state index in [0.29, 0.717) is 10.7 Å². The lowest BCUT2D eigenvalue weighted by Gasteiger charge is -2.27. The predicted molar refractivity (Wildman–Crippen MR) is 104 cm³/mol. The van der Waals surface area contributed by atoms with E-state index in [9.17, 15) is 9.18 Å². The lowest BCUT2D eigenvalue weighted by atomic mass is 9.94. The average molecular weight is 404 g/mol. The second-order valence-corrected chi connectivity index (χ2v) is 7.60. The zero-order valence-electron chi connectivity index (χ0n) is 14.6. The molecule has 2 heterocycles. The van der Waals surface area contributed by atoms with Crippen LogP contribution in [0.1, 0.15) is 53.1 Å². The molecular weight excluding hydrogens is 388 g/mol. The highest BCUT2D eigenvalue weighted by atomic mass is 35.5. The van der Waals surface area contributed by atoms with Gasteiger partial charge in [0.05, 0.1) is 16.8 Å². The molecule has 1 N–H and O–H groups in total. The van der Waals surface area contributed by atoms with Crippen LogP contribution in [0.3, 0.4) is 0 Å². The van der Waals surface area contributed by atoms with Crippen LogP contribution in [0.4, 0.5) is 10.1 Å².